The summed E-state index contributed by atoms with van der Waals surface area (Å²) >= 11 is 0. The molecule has 9 rings (SSSR count). The first-order chi connectivity index (χ1) is 22.3. The van der Waals surface area contributed by atoms with Gasteiger partial charge in [0.15, 0.2) is 0 Å². The molecule has 7 aromatic carbocycles. The topological polar surface area (TPSA) is 21.3 Å². The summed E-state index contributed by atoms with van der Waals surface area (Å²) in [5, 5.41) is 4.68. The Labute approximate surface area is 260 Å². The van der Waals surface area contributed by atoms with Gasteiger partial charge < -0.3 is 13.9 Å². The molecule has 0 aliphatic carbocycles. The summed E-state index contributed by atoms with van der Waals surface area (Å²) in [6, 6.07) is 60.2. The fourth-order valence-corrected chi connectivity index (χ4v) is 6.76. The van der Waals surface area contributed by atoms with Crippen molar-refractivity contribution in [3.8, 4) is 16.8 Å². The second-order valence-electron chi connectivity index (χ2n) is 11.4. The molecule has 0 spiro atoms. The number of rotatable bonds is 5. The van der Waals surface area contributed by atoms with Crippen LogP contribution in [0.3, 0.4) is 0 Å². The average Bonchev–Trinajstić information content (AvgIpc) is 3.65. The van der Waals surface area contributed by atoms with E-state index in [-0.39, 0.29) is 0 Å². The highest BCUT2D eigenvalue weighted by Crippen LogP contribution is 2.42. The van der Waals surface area contributed by atoms with Crippen molar-refractivity contribution in [3.63, 3.8) is 0 Å². The number of hydrogen-bond donors (Lipinski definition) is 0. The predicted molar refractivity (Wildman–Crippen MR) is 188 cm³/mol. The van der Waals surface area contributed by atoms with Gasteiger partial charge in [0.1, 0.15) is 11.2 Å². The van der Waals surface area contributed by atoms with E-state index in [1.807, 2.05) is 12.1 Å². The van der Waals surface area contributed by atoms with Crippen LogP contribution in [0, 0.1) is 0 Å². The van der Waals surface area contributed by atoms with Gasteiger partial charge in [-0.1, -0.05) is 109 Å². The zero-order valence-electron chi connectivity index (χ0n) is 24.5. The summed E-state index contributed by atoms with van der Waals surface area (Å²) in [6.07, 6.45) is 0. The molecule has 3 heteroatoms. The van der Waals surface area contributed by atoms with Crippen LogP contribution in [0.15, 0.2) is 174 Å². The Morgan fingerprint density at radius 3 is 1.82 bits per heavy atom. The molecule has 0 N–H and O–H groups in total. The Morgan fingerprint density at radius 2 is 1.00 bits per heavy atom. The molecule has 0 saturated carbocycles. The van der Waals surface area contributed by atoms with Crippen LogP contribution in [0.5, 0.6) is 0 Å². The average molecular weight is 577 g/mol. The molecule has 0 amide bonds. The zero-order valence-corrected chi connectivity index (χ0v) is 24.5. The van der Waals surface area contributed by atoms with Crippen molar-refractivity contribution < 1.29 is 4.42 Å². The quantitative estimate of drug-likeness (QED) is 0.203. The van der Waals surface area contributed by atoms with Crippen LogP contribution in [0.4, 0.5) is 17.1 Å². The fraction of sp³-hybridized carbons (Fsp3) is 0. The van der Waals surface area contributed by atoms with Crippen molar-refractivity contribution in [1.29, 1.82) is 0 Å². The van der Waals surface area contributed by atoms with Crippen LogP contribution in [0.1, 0.15) is 0 Å². The minimum atomic E-state index is 0.889. The van der Waals surface area contributed by atoms with Crippen molar-refractivity contribution in [3.05, 3.63) is 170 Å². The highest BCUT2D eigenvalue weighted by molar-refractivity contribution is 6.14. The molecule has 45 heavy (non-hydrogen) atoms. The minimum Gasteiger partial charge on any atom is -0.456 e. The van der Waals surface area contributed by atoms with Gasteiger partial charge in [-0.3, -0.25) is 0 Å². The maximum Gasteiger partial charge on any atom is 0.137 e. The molecule has 0 fully saturated rings. The largest absolute Gasteiger partial charge is 0.456 e. The van der Waals surface area contributed by atoms with E-state index in [1.54, 1.807) is 0 Å². The summed E-state index contributed by atoms with van der Waals surface area (Å²) in [7, 11) is 0. The molecule has 0 bridgehead atoms. The summed E-state index contributed by atoms with van der Waals surface area (Å²) in [6.45, 7) is 0. The van der Waals surface area contributed by atoms with E-state index in [0.717, 1.165) is 50.2 Å². The number of nitrogens with zero attached hydrogens (tertiary/aromatic N) is 2. The maximum atomic E-state index is 6.31. The first-order valence-corrected chi connectivity index (χ1v) is 15.3. The number of hydrogen-bond acceptors (Lipinski definition) is 2. The van der Waals surface area contributed by atoms with E-state index in [4.69, 9.17) is 4.42 Å². The minimum absolute atomic E-state index is 0.889. The normalized spacial score (nSPS) is 11.6. The summed E-state index contributed by atoms with van der Waals surface area (Å²) in [5.74, 6) is 0. The number of anilines is 3. The van der Waals surface area contributed by atoms with Gasteiger partial charge in [0.05, 0.1) is 22.1 Å². The number of furan rings is 1. The molecule has 0 atom stereocenters. The third-order valence-electron chi connectivity index (χ3n) is 8.78. The Hall–Kier alpha value is -6.06. The standard InChI is InChI=1S/C42H28N2O/c1-3-12-29(13-4-1)30-22-24-32(25-23-30)43(31-14-5-2-6-15-31)33-26-27-35-34-16-7-9-18-37(34)44(39(35)28-33)38-19-11-21-41-42(38)36-17-8-10-20-40(36)45-41/h1-28H. The number of para-hydroxylation sites is 3. The second-order valence-corrected chi connectivity index (χ2v) is 11.4. The molecular formula is C42H28N2O. The van der Waals surface area contributed by atoms with Gasteiger partial charge in [-0.15, -0.1) is 0 Å². The van der Waals surface area contributed by atoms with Gasteiger partial charge in [-0.05, 0) is 71.8 Å². The first kappa shape index (κ1) is 25.4. The number of aromatic nitrogens is 1. The van der Waals surface area contributed by atoms with Crippen molar-refractivity contribution >= 4 is 60.8 Å². The summed E-state index contributed by atoms with van der Waals surface area (Å²) in [5.41, 5.74) is 10.9. The van der Waals surface area contributed by atoms with Gasteiger partial charge in [0.2, 0.25) is 0 Å². The molecule has 9 aromatic rings. The highest BCUT2D eigenvalue weighted by Gasteiger charge is 2.20. The van der Waals surface area contributed by atoms with Crippen molar-refractivity contribution in [1.82, 2.24) is 4.57 Å². The van der Waals surface area contributed by atoms with E-state index in [0.29, 0.717) is 0 Å². The second kappa shape index (κ2) is 10.3. The molecule has 0 radical (unpaired) electrons. The Bertz CT molecular complexity index is 2470. The predicted octanol–water partition coefficient (Wildman–Crippen LogP) is 11.8. The van der Waals surface area contributed by atoms with Gasteiger partial charge in [-0.25, -0.2) is 0 Å². The van der Waals surface area contributed by atoms with Gasteiger partial charge in [0, 0.05) is 33.2 Å². The molecule has 2 heterocycles. The van der Waals surface area contributed by atoms with Crippen molar-refractivity contribution in [2.75, 3.05) is 4.90 Å². The van der Waals surface area contributed by atoms with E-state index < -0.39 is 0 Å². The zero-order chi connectivity index (χ0) is 29.7. The summed E-state index contributed by atoms with van der Waals surface area (Å²) < 4.78 is 8.72. The molecule has 0 aliphatic heterocycles. The lowest BCUT2D eigenvalue weighted by Crippen LogP contribution is -2.10. The van der Waals surface area contributed by atoms with E-state index in [2.05, 4.69) is 167 Å². The van der Waals surface area contributed by atoms with Crippen LogP contribution in [0.25, 0.3) is 60.6 Å². The monoisotopic (exact) mass is 576 g/mol. The lowest BCUT2D eigenvalue weighted by Gasteiger charge is -2.26. The Kier molecular flexibility index (Phi) is 5.82. The molecule has 2 aromatic heterocycles. The molecule has 0 saturated heterocycles. The van der Waals surface area contributed by atoms with Crippen LogP contribution in [-0.4, -0.2) is 4.57 Å². The van der Waals surface area contributed by atoms with Crippen molar-refractivity contribution in [2.45, 2.75) is 0 Å². The lowest BCUT2D eigenvalue weighted by molar-refractivity contribution is 0.669. The van der Waals surface area contributed by atoms with Crippen LogP contribution >= 0.6 is 0 Å². The Morgan fingerprint density at radius 1 is 0.400 bits per heavy atom. The first-order valence-electron chi connectivity index (χ1n) is 15.3. The van der Waals surface area contributed by atoms with Crippen LogP contribution in [-0.2, 0) is 0 Å². The van der Waals surface area contributed by atoms with Crippen LogP contribution < -0.4 is 4.90 Å². The van der Waals surface area contributed by atoms with Crippen LogP contribution in [0.2, 0.25) is 0 Å². The third kappa shape index (κ3) is 4.13. The maximum absolute atomic E-state index is 6.31. The van der Waals surface area contributed by atoms with Crippen molar-refractivity contribution in [2.24, 2.45) is 0 Å². The molecule has 212 valence electrons. The smallest absolute Gasteiger partial charge is 0.137 e. The molecule has 0 aliphatic rings. The van der Waals surface area contributed by atoms with E-state index in [9.17, 15) is 0 Å². The van der Waals surface area contributed by atoms with Gasteiger partial charge in [-0.2, -0.15) is 0 Å². The molecule has 0 unspecified atom stereocenters. The SMILES string of the molecule is c1ccc(-c2ccc(N(c3ccccc3)c3ccc4c5ccccc5n(-c5cccc6oc7ccccc7c56)c4c3)cc2)cc1. The van der Waals surface area contributed by atoms with Gasteiger partial charge >= 0.3 is 0 Å². The molecule has 3 nitrogen and oxygen atoms in total. The number of fused-ring (bicyclic) bond motifs is 6. The highest BCUT2D eigenvalue weighted by atomic mass is 16.3. The van der Waals surface area contributed by atoms with Gasteiger partial charge in [0.25, 0.3) is 0 Å². The lowest BCUT2D eigenvalue weighted by atomic mass is 10.0. The molecular weight excluding hydrogens is 548 g/mol. The van der Waals surface area contributed by atoms with E-state index >= 15 is 0 Å². The third-order valence-corrected chi connectivity index (χ3v) is 8.78. The Balaban J connectivity index is 1.29. The summed E-state index contributed by atoms with van der Waals surface area (Å²) in [4.78, 5) is 2.34. The van der Waals surface area contributed by atoms with E-state index in [1.165, 1.54) is 27.4 Å². The number of benzene rings is 7. The fourth-order valence-electron chi connectivity index (χ4n) is 6.76.